The lowest BCUT2D eigenvalue weighted by Crippen LogP contribution is -2.43. The van der Waals surface area contributed by atoms with Crippen LogP contribution < -0.4 is 15.2 Å². The molecule has 0 amide bonds. The third-order valence-electron chi connectivity index (χ3n) is 6.81. The summed E-state index contributed by atoms with van der Waals surface area (Å²) >= 11 is 0. The van der Waals surface area contributed by atoms with E-state index in [4.69, 9.17) is 34.2 Å². The zero-order valence-electron chi connectivity index (χ0n) is 26.6. The van der Waals surface area contributed by atoms with Crippen LogP contribution >= 0.6 is 0 Å². The smallest absolute Gasteiger partial charge is 0.480 e. The SMILES string of the molecule is CCC(C)(C)OC(=O)Oc1ccc(C(C(C)C(C)OC(=O)OC(C)(C)C)[C@H](N)C(=O)O)cc1OC(=O)OC(C)(C)CC. The van der Waals surface area contributed by atoms with Crippen molar-refractivity contribution in [3.05, 3.63) is 23.8 Å². The minimum atomic E-state index is -1.45. The monoisotopic (exact) mass is 597 g/mol. The van der Waals surface area contributed by atoms with Gasteiger partial charge in [-0.2, -0.15) is 0 Å². The summed E-state index contributed by atoms with van der Waals surface area (Å²) in [6.07, 6.45) is -2.86. The number of carbonyl (C=O) groups excluding carboxylic acids is 3. The van der Waals surface area contributed by atoms with E-state index in [2.05, 4.69) is 0 Å². The highest BCUT2D eigenvalue weighted by atomic mass is 16.8. The van der Waals surface area contributed by atoms with Crippen LogP contribution in [0.15, 0.2) is 18.2 Å². The molecule has 3 unspecified atom stereocenters. The van der Waals surface area contributed by atoms with E-state index in [-0.39, 0.29) is 11.5 Å². The van der Waals surface area contributed by atoms with Crippen molar-refractivity contribution < 1.29 is 52.7 Å². The van der Waals surface area contributed by atoms with Crippen LogP contribution in [-0.2, 0) is 23.7 Å². The molecule has 1 aromatic carbocycles. The highest BCUT2D eigenvalue weighted by Gasteiger charge is 2.37. The molecule has 0 saturated heterocycles. The number of aliphatic carboxylic acids is 1. The Balaban J connectivity index is 3.52. The summed E-state index contributed by atoms with van der Waals surface area (Å²) in [5.41, 5.74) is 3.95. The lowest BCUT2D eigenvalue weighted by molar-refractivity contribution is -0.139. The van der Waals surface area contributed by atoms with Gasteiger partial charge in [-0.3, -0.25) is 4.79 Å². The van der Waals surface area contributed by atoms with Crippen molar-refractivity contribution >= 4 is 24.4 Å². The summed E-state index contributed by atoms with van der Waals surface area (Å²) in [7, 11) is 0. The number of rotatable bonds is 12. The van der Waals surface area contributed by atoms with Gasteiger partial charge in [0, 0.05) is 11.8 Å². The standard InChI is InChI=1S/C30H47NO11/c1-12-29(8,9)41-26(35)38-20-15-14-19(16-21(20)39-27(36)42-30(10,11)13-2)22(23(31)24(32)33)17(3)18(4)37-25(34)40-28(5,6)7/h14-18,22-23H,12-13,31H2,1-11H3,(H,32,33)/t17?,18?,22?,23-/m0/s1. The van der Waals surface area contributed by atoms with Gasteiger partial charge in [-0.05, 0) is 85.9 Å². The second kappa shape index (κ2) is 14.6. The molecule has 0 heterocycles. The third kappa shape index (κ3) is 11.8. The first-order valence-electron chi connectivity index (χ1n) is 13.9. The second-order valence-electron chi connectivity index (χ2n) is 12.4. The fraction of sp³-hybridized carbons (Fsp3) is 0.667. The molecule has 1 rings (SSSR count). The predicted molar refractivity (Wildman–Crippen MR) is 154 cm³/mol. The van der Waals surface area contributed by atoms with Crippen LogP contribution in [-0.4, -0.2) is 58.5 Å². The average molecular weight is 598 g/mol. The lowest BCUT2D eigenvalue weighted by Gasteiger charge is -2.32. The molecule has 1 aromatic rings. The summed E-state index contributed by atoms with van der Waals surface area (Å²) in [6.45, 7) is 18.8. The van der Waals surface area contributed by atoms with Crippen LogP contribution in [0.4, 0.5) is 14.4 Å². The Morgan fingerprint density at radius 1 is 0.786 bits per heavy atom. The molecular weight excluding hydrogens is 550 g/mol. The number of carboxylic acids is 1. The number of nitrogens with two attached hydrogens (primary N) is 1. The van der Waals surface area contributed by atoms with Crippen LogP contribution in [0.2, 0.25) is 0 Å². The molecule has 12 heteroatoms. The van der Waals surface area contributed by atoms with Gasteiger partial charge in [-0.15, -0.1) is 0 Å². The van der Waals surface area contributed by atoms with Crippen LogP contribution in [0.3, 0.4) is 0 Å². The Labute approximate surface area is 248 Å². The maximum absolute atomic E-state index is 12.7. The summed E-state index contributed by atoms with van der Waals surface area (Å²) < 4.78 is 32.2. The molecule has 0 saturated carbocycles. The van der Waals surface area contributed by atoms with Gasteiger partial charge in [0.25, 0.3) is 0 Å². The minimum Gasteiger partial charge on any atom is -0.480 e. The molecule has 238 valence electrons. The first-order valence-corrected chi connectivity index (χ1v) is 13.9. The molecule has 0 spiro atoms. The fourth-order valence-electron chi connectivity index (χ4n) is 3.53. The van der Waals surface area contributed by atoms with Crippen molar-refractivity contribution in [3.8, 4) is 11.5 Å². The quantitative estimate of drug-likeness (QED) is 0.151. The number of hydrogen-bond donors (Lipinski definition) is 2. The van der Waals surface area contributed by atoms with E-state index in [1.165, 1.54) is 18.2 Å². The Morgan fingerprint density at radius 3 is 1.69 bits per heavy atom. The number of benzene rings is 1. The zero-order chi connectivity index (χ0) is 32.6. The molecule has 0 radical (unpaired) electrons. The van der Waals surface area contributed by atoms with Gasteiger partial charge in [0.05, 0.1) is 0 Å². The molecule has 0 aliphatic heterocycles. The van der Waals surface area contributed by atoms with Gasteiger partial charge in [0.1, 0.15) is 28.9 Å². The number of ether oxygens (including phenoxy) is 6. The van der Waals surface area contributed by atoms with E-state index in [1.54, 1.807) is 62.3 Å². The molecule has 3 N–H and O–H groups in total. The van der Waals surface area contributed by atoms with Gasteiger partial charge in [-0.25, -0.2) is 14.4 Å². The molecule has 0 aliphatic carbocycles. The minimum absolute atomic E-state index is 0.171. The zero-order valence-corrected chi connectivity index (χ0v) is 26.6. The lowest BCUT2D eigenvalue weighted by atomic mass is 9.79. The molecule has 0 aromatic heterocycles. The molecule has 0 fully saturated rings. The molecule has 12 nitrogen and oxygen atoms in total. The number of carbonyl (C=O) groups is 4. The van der Waals surface area contributed by atoms with Crippen molar-refractivity contribution in [3.63, 3.8) is 0 Å². The predicted octanol–water partition coefficient (Wildman–Crippen LogP) is 6.57. The van der Waals surface area contributed by atoms with E-state index in [0.29, 0.717) is 18.4 Å². The number of carboxylic acid groups (broad SMARTS) is 1. The molecule has 0 aliphatic rings. The van der Waals surface area contributed by atoms with Gasteiger partial charge in [0.15, 0.2) is 11.5 Å². The third-order valence-corrected chi connectivity index (χ3v) is 6.81. The van der Waals surface area contributed by atoms with Crippen molar-refractivity contribution in [2.45, 2.75) is 124 Å². The van der Waals surface area contributed by atoms with Crippen LogP contribution in [0.5, 0.6) is 11.5 Å². The van der Waals surface area contributed by atoms with Gasteiger partial charge >= 0.3 is 24.4 Å². The summed E-state index contributed by atoms with van der Waals surface area (Å²) in [6, 6.07) is 2.69. The fourth-order valence-corrected chi connectivity index (χ4v) is 3.53. The highest BCUT2D eigenvalue weighted by molar-refractivity contribution is 5.75. The normalized spacial score (nSPS) is 15.0. The molecule has 0 bridgehead atoms. The second-order valence-corrected chi connectivity index (χ2v) is 12.4. The summed E-state index contributed by atoms with van der Waals surface area (Å²) in [5, 5.41) is 9.80. The Bertz CT molecular complexity index is 1110. The average Bonchev–Trinajstić information content (AvgIpc) is 2.83. The first kappa shape index (κ1) is 36.5. The van der Waals surface area contributed by atoms with Gasteiger partial charge < -0.3 is 39.3 Å². The topological polar surface area (TPSA) is 170 Å². The maximum Gasteiger partial charge on any atom is 0.514 e. The van der Waals surface area contributed by atoms with Gasteiger partial charge in [-0.1, -0.05) is 26.8 Å². The molecule has 42 heavy (non-hydrogen) atoms. The highest BCUT2D eigenvalue weighted by Crippen LogP contribution is 2.38. The Morgan fingerprint density at radius 2 is 1.26 bits per heavy atom. The summed E-state index contributed by atoms with van der Waals surface area (Å²) in [4.78, 5) is 49.6. The van der Waals surface area contributed by atoms with Crippen molar-refractivity contribution in [1.29, 1.82) is 0 Å². The molecular formula is C30H47NO11. The van der Waals surface area contributed by atoms with E-state index in [9.17, 15) is 24.3 Å². The van der Waals surface area contributed by atoms with Crippen LogP contribution in [0.1, 0.15) is 100 Å². The molecule has 4 atom stereocenters. The van der Waals surface area contributed by atoms with E-state index in [0.717, 1.165) is 0 Å². The van der Waals surface area contributed by atoms with Crippen LogP contribution in [0, 0.1) is 5.92 Å². The van der Waals surface area contributed by atoms with E-state index >= 15 is 0 Å². The van der Waals surface area contributed by atoms with Crippen molar-refractivity contribution in [2.24, 2.45) is 11.7 Å². The summed E-state index contributed by atoms with van der Waals surface area (Å²) in [5.74, 6) is -3.33. The maximum atomic E-state index is 12.7. The Hall–Kier alpha value is -3.54. The van der Waals surface area contributed by atoms with E-state index in [1.807, 2.05) is 13.8 Å². The van der Waals surface area contributed by atoms with Gasteiger partial charge in [0.2, 0.25) is 0 Å². The van der Waals surface area contributed by atoms with Crippen LogP contribution in [0.25, 0.3) is 0 Å². The van der Waals surface area contributed by atoms with Crippen molar-refractivity contribution in [2.75, 3.05) is 0 Å². The van der Waals surface area contributed by atoms with Crippen molar-refractivity contribution in [1.82, 2.24) is 0 Å². The Kier molecular flexibility index (Phi) is 12.7. The largest absolute Gasteiger partial charge is 0.514 e. The first-order chi connectivity index (χ1) is 19.1. The van der Waals surface area contributed by atoms with E-state index < -0.39 is 65.2 Å². The number of hydrogen-bond acceptors (Lipinski definition) is 11.